The highest BCUT2D eigenvalue weighted by atomic mass is 19.4. The Morgan fingerprint density at radius 2 is 1.81 bits per heavy atom. The van der Waals surface area contributed by atoms with E-state index >= 15 is 0 Å². The Labute approximate surface area is 306 Å². The van der Waals surface area contributed by atoms with Gasteiger partial charge in [0.05, 0.1) is 54.4 Å². The molecule has 0 saturated carbocycles. The molecule has 6 rings (SSSR count). The van der Waals surface area contributed by atoms with Crippen molar-refractivity contribution >= 4 is 16.8 Å². The number of benzene rings is 3. The first-order valence-electron chi connectivity index (χ1n) is 18.3. The summed E-state index contributed by atoms with van der Waals surface area (Å²) in [6, 6.07) is 16.3. The Bertz CT molecular complexity index is 1890. The second kappa shape index (κ2) is 17.6. The summed E-state index contributed by atoms with van der Waals surface area (Å²) in [6.07, 6.45) is -2.96. The first-order valence-corrected chi connectivity index (χ1v) is 18.3. The van der Waals surface area contributed by atoms with Gasteiger partial charge in [-0.25, -0.2) is 9.37 Å². The summed E-state index contributed by atoms with van der Waals surface area (Å²) in [6.45, 7) is 7.76. The summed E-state index contributed by atoms with van der Waals surface area (Å²) in [5, 5.41) is 7.41. The number of nitrogens with zero attached hydrogens (tertiary/aromatic N) is 4. The molecule has 3 aromatic carbocycles. The number of hydrogen-bond acceptors (Lipinski definition) is 8. The highest BCUT2D eigenvalue weighted by molar-refractivity contribution is 5.80. The van der Waals surface area contributed by atoms with Crippen molar-refractivity contribution in [2.24, 2.45) is 0 Å². The van der Waals surface area contributed by atoms with Gasteiger partial charge in [-0.2, -0.15) is 13.2 Å². The highest BCUT2D eigenvalue weighted by Gasteiger charge is 2.35. The number of carbonyl (C=O) groups is 1. The number of halogens is 4. The SMILES string of the molecule is CCOc1ccc(-n2c(C(CCNC3CCNCC3)N(CCN3CCOCC3)C(=O)Cc3ccc(C(F)(F)F)c(F)c3)nc3ccccc3c2=O)cc1. The van der Waals surface area contributed by atoms with E-state index in [2.05, 4.69) is 15.5 Å². The van der Waals surface area contributed by atoms with Crippen molar-refractivity contribution in [3.63, 3.8) is 0 Å². The predicted molar refractivity (Wildman–Crippen MR) is 194 cm³/mol. The summed E-state index contributed by atoms with van der Waals surface area (Å²) in [5.41, 5.74) is -0.584. The molecular formula is C39H46F4N6O4. The number of carbonyl (C=O) groups excluding carboxylic acids is 1. The molecule has 3 heterocycles. The Balaban J connectivity index is 1.44. The van der Waals surface area contributed by atoms with E-state index in [9.17, 15) is 27.2 Å². The summed E-state index contributed by atoms with van der Waals surface area (Å²) >= 11 is 0. The average Bonchev–Trinajstić information content (AvgIpc) is 3.15. The molecule has 0 aliphatic carbocycles. The first kappa shape index (κ1) is 38.4. The molecule has 2 N–H and O–H groups in total. The van der Waals surface area contributed by atoms with Gasteiger partial charge in [0, 0.05) is 32.2 Å². The fraction of sp³-hybridized carbons (Fsp3) is 0.462. The minimum absolute atomic E-state index is 0.110. The van der Waals surface area contributed by atoms with Gasteiger partial charge in [0.25, 0.3) is 5.56 Å². The molecule has 2 saturated heterocycles. The number of morpholine rings is 1. The van der Waals surface area contributed by atoms with Gasteiger partial charge in [-0.3, -0.25) is 19.1 Å². The van der Waals surface area contributed by atoms with Crippen molar-refractivity contribution in [1.82, 2.24) is 30.0 Å². The number of hydrogen-bond donors (Lipinski definition) is 2. The van der Waals surface area contributed by atoms with E-state index in [1.807, 2.05) is 6.92 Å². The molecular weight excluding hydrogens is 692 g/mol. The molecule has 53 heavy (non-hydrogen) atoms. The monoisotopic (exact) mass is 738 g/mol. The van der Waals surface area contributed by atoms with Crippen molar-refractivity contribution in [1.29, 1.82) is 0 Å². The van der Waals surface area contributed by atoms with Crippen molar-refractivity contribution < 1.29 is 31.8 Å². The molecule has 1 atom stereocenters. The minimum atomic E-state index is -4.87. The Hall–Kier alpha value is -4.37. The van der Waals surface area contributed by atoms with Crippen molar-refractivity contribution in [3.05, 3.63) is 99.9 Å². The van der Waals surface area contributed by atoms with Crippen LogP contribution in [0.25, 0.3) is 16.6 Å². The van der Waals surface area contributed by atoms with E-state index in [4.69, 9.17) is 14.5 Å². The maximum absolute atomic E-state index is 14.7. The summed E-state index contributed by atoms with van der Waals surface area (Å²) in [4.78, 5) is 37.9. The van der Waals surface area contributed by atoms with Crippen molar-refractivity contribution in [2.75, 3.05) is 65.6 Å². The molecule has 14 heteroatoms. The van der Waals surface area contributed by atoms with Crippen molar-refractivity contribution in [2.45, 2.75) is 50.9 Å². The van der Waals surface area contributed by atoms with Crippen LogP contribution in [-0.4, -0.2) is 96.9 Å². The van der Waals surface area contributed by atoms with Crippen LogP contribution in [0.5, 0.6) is 5.75 Å². The molecule has 1 aromatic heterocycles. The fourth-order valence-corrected chi connectivity index (χ4v) is 7.06. The minimum Gasteiger partial charge on any atom is -0.494 e. The number of piperidine rings is 1. The third-order valence-corrected chi connectivity index (χ3v) is 9.85. The lowest BCUT2D eigenvalue weighted by Crippen LogP contribution is -2.47. The molecule has 2 aliphatic rings. The van der Waals surface area contributed by atoms with Crippen LogP contribution in [0.4, 0.5) is 17.6 Å². The Kier molecular flexibility index (Phi) is 12.8. The summed E-state index contributed by atoms with van der Waals surface area (Å²) < 4.78 is 67.7. The number of nitrogens with one attached hydrogen (secondary N) is 2. The quantitative estimate of drug-likeness (QED) is 0.172. The van der Waals surface area contributed by atoms with Gasteiger partial charge in [0.15, 0.2) is 0 Å². The van der Waals surface area contributed by atoms with E-state index in [-0.39, 0.29) is 30.1 Å². The van der Waals surface area contributed by atoms with Gasteiger partial charge in [-0.05, 0) is 99.9 Å². The number of aromatic nitrogens is 2. The Morgan fingerprint density at radius 1 is 1.08 bits per heavy atom. The second-order valence-corrected chi connectivity index (χ2v) is 13.4. The lowest BCUT2D eigenvalue weighted by atomic mass is 10.0. The molecule has 0 spiro atoms. The number of fused-ring (bicyclic) bond motifs is 1. The highest BCUT2D eigenvalue weighted by Crippen LogP contribution is 2.32. The van der Waals surface area contributed by atoms with Crippen LogP contribution in [-0.2, 0) is 22.1 Å². The maximum atomic E-state index is 14.7. The molecule has 0 bridgehead atoms. The topological polar surface area (TPSA) is 101 Å². The molecule has 0 radical (unpaired) electrons. The lowest BCUT2D eigenvalue weighted by Gasteiger charge is -2.36. The molecule has 284 valence electrons. The van der Waals surface area contributed by atoms with Gasteiger partial charge >= 0.3 is 6.18 Å². The van der Waals surface area contributed by atoms with Gasteiger partial charge in [-0.1, -0.05) is 18.2 Å². The van der Waals surface area contributed by atoms with Gasteiger partial charge < -0.3 is 25.0 Å². The number of ether oxygens (including phenoxy) is 2. The van der Waals surface area contributed by atoms with Gasteiger partial charge in [0.1, 0.15) is 17.4 Å². The molecule has 4 aromatic rings. The number of alkyl halides is 3. The summed E-state index contributed by atoms with van der Waals surface area (Å²) in [7, 11) is 0. The molecule has 10 nitrogen and oxygen atoms in total. The van der Waals surface area contributed by atoms with Crippen LogP contribution >= 0.6 is 0 Å². The number of rotatable bonds is 14. The van der Waals surface area contributed by atoms with Crippen LogP contribution in [0, 0.1) is 5.82 Å². The normalized spacial score (nSPS) is 16.5. The second-order valence-electron chi connectivity index (χ2n) is 13.4. The summed E-state index contributed by atoms with van der Waals surface area (Å²) in [5.74, 6) is -0.886. The van der Waals surface area contributed by atoms with Crippen LogP contribution < -0.4 is 20.9 Å². The lowest BCUT2D eigenvalue weighted by molar-refractivity contribution is -0.140. The maximum Gasteiger partial charge on any atom is 0.419 e. The van der Waals surface area contributed by atoms with Gasteiger partial charge in [-0.15, -0.1) is 0 Å². The molecule has 1 unspecified atom stereocenters. The third-order valence-electron chi connectivity index (χ3n) is 9.85. The van der Waals surface area contributed by atoms with E-state index in [1.165, 1.54) is 0 Å². The number of para-hydroxylation sites is 1. The first-order chi connectivity index (χ1) is 25.6. The van der Waals surface area contributed by atoms with E-state index < -0.39 is 29.5 Å². The average molecular weight is 739 g/mol. The van der Waals surface area contributed by atoms with Crippen LogP contribution in [0.15, 0.2) is 71.5 Å². The van der Waals surface area contributed by atoms with E-state index in [0.717, 1.165) is 38.1 Å². The van der Waals surface area contributed by atoms with E-state index in [0.29, 0.717) is 86.7 Å². The largest absolute Gasteiger partial charge is 0.494 e. The molecule has 2 aliphatic heterocycles. The van der Waals surface area contributed by atoms with Crippen molar-refractivity contribution in [3.8, 4) is 11.4 Å². The smallest absolute Gasteiger partial charge is 0.419 e. The molecule has 2 fully saturated rings. The standard InChI is InChI=1S/C39H46F4N6O4/c1-2-53-30-10-8-29(9-11-30)49-37(46-34-6-4-3-5-31(34)38(49)51)35(15-18-45-28-13-16-44-17-14-28)48(20-19-47-21-23-52-24-22-47)36(50)26-27-7-12-32(33(40)25-27)39(41,42)43/h3-12,25,28,35,44-45H,2,13-24,26H2,1H3. The predicted octanol–water partition coefficient (Wildman–Crippen LogP) is 5.12. The zero-order chi connectivity index (χ0) is 37.4. The van der Waals surface area contributed by atoms with Crippen LogP contribution in [0.1, 0.15) is 49.2 Å². The van der Waals surface area contributed by atoms with Gasteiger partial charge in [0.2, 0.25) is 5.91 Å². The molecule has 1 amide bonds. The Morgan fingerprint density at radius 3 is 2.51 bits per heavy atom. The number of amides is 1. The zero-order valence-electron chi connectivity index (χ0n) is 29.8. The van der Waals surface area contributed by atoms with Crippen LogP contribution in [0.2, 0.25) is 0 Å². The van der Waals surface area contributed by atoms with Crippen LogP contribution in [0.3, 0.4) is 0 Å². The third kappa shape index (κ3) is 9.60. The fourth-order valence-electron chi connectivity index (χ4n) is 7.06. The van der Waals surface area contributed by atoms with E-state index in [1.54, 1.807) is 58.0 Å². The zero-order valence-corrected chi connectivity index (χ0v) is 29.8.